The lowest BCUT2D eigenvalue weighted by molar-refractivity contribution is -0.161. The molecule has 1 aromatic carbocycles. The summed E-state index contributed by atoms with van der Waals surface area (Å²) in [6.45, 7) is 3.73. The molecule has 0 radical (unpaired) electrons. The number of aromatic amines is 1. The van der Waals surface area contributed by atoms with Crippen molar-refractivity contribution in [3.8, 4) is 6.07 Å². The molecule has 0 saturated heterocycles. The second-order valence-corrected chi connectivity index (χ2v) is 4.91. The zero-order valence-corrected chi connectivity index (χ0v) is 13.1. The number of aromatic nitrogens is 1. The van der Waals surface area contributed by atoms with Crippen molar-refractivity contribution in [3.63, 3.8) is 0 Å². The maximum Gasteiger partial charge on any atom is 0.320 e. The highest BCUT2D eigenvalue weighted by Crippen LogP contribution is 2.25. The highest BCUT2D eigenvalue weighted by molar-refractivity contribution is 5.96. The quantitative estimate of drug-likeness (QED) is 0.652. The smallest absolute Gasteiger partial charge is 0.320 e. The first-order valence-electron chi connectivity index (χ1n) is 7.44. The van der Waals surface area contributed by atoms with Crippen molar-refractivity contribution in [2.24, 2.45) is 5.92 Å². The number of nitrogens with zero attached hydrogens (tertiary/aromatic N) is 1. The molecule has 2 rings (SSSR count). The minimum Gasteiger partial charge on any atom is -0.465 e. The number of hydrogen-bond acceptors (Lipinski definition) is 5. The summed E-state index contributed by atoms with van der Waals surface area (Å²) in [5, 5.41) is 9.97. The monoisotopic (exact) mass is 314 g/mol. The molecule has 0 fully saturated rings. The number of ether oxygens (including phenoxy) is 2. The fourth-order valence-corrected chi connectivity index (χ4v) is 2.48. The Morgan fingerprint density at radius 1 is 1.22 bits per heavy atom. The molecule has 0 spiro atoms. The molecule has 1 aromatic heterocycles. The van der Waals surface area contributed by atoms with Crippen molar-refractivity contribution in [2.45, 2.75) is 20.3 Å². The Morgan fingerprint density at radius 3 is 2.43 bits per heavy atom. The molecule has 6 nitrogen and oxygen atoms in total. The molecule has 6 heteroatoms. The van der Waals surface area contributed by atoms with Crippen LogP contribution in [0.5, 0.6) is 0 Å². The van der Waals surface area contributed by atoms with Crippen molar-refractivity contribution < 1.29 is 19.1 Å². The van der Waals surface area contributed by atoms with Gasteiger partial charge in [-0.05, 0) is 38.0 Å². The van der Waals surface area contributed by atoms with Crippen LogP contribution in [0.15, 0.2) is 24.4 Å². The predicted octanol–water partition coefficient (Wildman–Crippen LogP) is 2.32. The second kappa shape index (κ2) is 7.45. The Kier molecular flexibility index (Phi) is 5.36. The van der Waals surface area contributed by atoms with E-state index in [0.717, 1.165) is 5.52 Å². The summed E-state index contributed by atoms with van der Waals surface area (Å²) in [6.07, 6.45) is 1.83. The molecule has 0 saturated carbocycles. The van der Waals surface area contributed by atoms with Gasteiger partial charge in [-0.25, -0.2) is 0 Å². The third-order valence-electron chi connectivity index (χ3n) is 3.47. The molecule has 23 heavy (non-hydrogen) atoms. The minimum absolute atomic E-state index is 0.121. The Labute approximate surface area is 134 Å². The van der Waals surface area contributed by atoms with E-state index in [2.05, 4.69) is 11.1 Å². The van der Waals surface area contributed by atoms with Crippen LogP contribution in [0.2, 0.25) is 0 Å². The molecule has 1 N–H and O–H groups in total. The van der Waals surface area contributed by atoms with Crippen molar-refractivity contribution in [2.75, 3.05) is 13.2 Å². The first-order valence-corrected chi connectivity index (χ1v) is 7.44. The van der Waals surface area contributed by atoms with Gasteiger partial charge >= 0.3 is 11.9 Å². The summed E-state index contributed by atoms with van der Waals surface area (Å²) < 4.78 is 9.95. The topological polar surface area (TPSA) is 92.2 Å². The fraction of sp³-hybridized carbons (Fsp3) is 0.353. The van der Waals surface area contributed by atoms with E-state index in [1.807, 2.05) is 6.07 Å². The zero-order chi connectivity index (χ0) is 16.8. The number of hydrogen-bond donors (Lipinski definition) is 1. The standard InChI is InChI=1S/C17H18N2O4/c1-3-22-16(20)13(17(21)23-4-2)8-12-10-19-14-7-5-6-11(9-18)15(12)14/h5-7,10,13,19H,3-4,8H2,1-2H3. The number of H-pyrrole nitrogens is 1. The number of nitriles is 1. The summed E-state index contributed by atoms with van der Waals surface area (Å²) >= 11 is 0. The molecule has 1 heterocycles. The van der Waals surface area contributed by atoms with Crippen molar-refractivity contribution in [3.05, 3.63) is 35.5 Å². The van der Waals surface area contributed by atoms with E-state index < -0.39 is 17.9 Å². The van der Waals surface area contributed by atoms with Crippen LogP contribution in [0.4, 0.5) is 0 Å². The van der Waals surface area contributed by atoms with E-state index in [9.17, 15) is 14.9 Å². The molecule has 0 aliphatic heterocycles. The SMILES string of the molecule is CCOC(=O)C(Cc1c[nH]c2cccc(C#N)c12)C(=O)OCC. The number of fused-ring (bicyclic) bond motifs is 1. The second-order valence-electron chi connectivity index (χ2n) is 4.91. The van der Waals surface area contributed by atoms with Crippen LogP contribution in [0.25, 0.3) is 10.9 Å². The van der Waals surface area contributed by atoms with Crippen molar-refractivity contribution >= 4 is 22.8 Å². The number of carbonyl (C=O) groups excluding carboxylic acids is 2. The number of nitrogens with one attached hydrogen (secondary N) is 1. The Balaban J connectivity index is 2.38. The third-order valence-corrected chi connectivity index (χ3v) is 3.47. The molecule has 0 atom stereocenters. The van der Waals surface area contributed by atoms with Gasteiger partial charge in [-0.1, -0.05) is 6.07 Å². The Bertz CT molecular complexity index is 740. The molecule has 0 aliphatic carbocycles. The first kappa shape index (κ1) is 16.6. The van der Waals surface area contributed by atoms with Crippen LogP contribution >= 0.6 is 0 Å². The van der Waals surface area contributed by atoms with Crippen LogP contribution in [0.3, 0.4) is 0 Å². The van der Waals surface area contributed by atoms with Gasteiger partial charge in [0.25, 0.3) is 0 Å². The average molecular weight is 314 g/mol. The van der Waals surface area contributed by atoms with Gasteiger partial charge in [-0.3, -0.25) is 9.59 Å². The lowest BCUT2D eigenvalue weighted by Gasteiger charge is -2.14. The molecular formula is C17H18N2O4. The lowest BCUT2D eigenvalue weighted by atomic mass is 9.97. The normalized spacial score (nSPS) is 10.5. The maximum atomic E-state index is 12.1. The van der Waals surface area contributed by atoms with Crippen LogP contribution in [-0.4, -0.2) is 30.1 Å². The first-order chi connectivity index (χ1) is 11.1. The van der Waals surface area contributed by atoms with Crippen LogP contribution in [0.1, 0.15) is 25.0 Å². The van der Waals surface area contributed by atoms with Gasteiger partial charge in [0.1, 0.15) is 0 Å². The third kappa shape index (κ3) is 3.51. The fourth-order valence-electron chi connectivity index (χ4n) is 2.48. The van der Waals surface area contributed by atoms with Gasteiger partial charge in [0, 0.05) is 17.1 Å². The molecule has 2 aromatic rings. The van der Waals surface area contributed by atoms with Crippen LogP contribution in [0, 0.1) is 17.2 Å². The molecule has 120 valence electrons. The van der Waals surface area contributed by atoms with E-state index in [0.29, 0.717) is 16.5 Å². The average Bonchev–Trinajstić information content (AvgIpc) is 2.96. The minimum atomic E-state index is -1.04. The van der Waals surface area contributed by atoms with Crippen molar-refractivity contribution in [1.29, 1.82) is 5.26 Å². The summed E-state index contributed by atoms with van der Waals surface area (Å²) in [4.78, 5) is 27.2. The van der Waals surface area contributed by atoms with Crippen molar-refractivity contribution in [1.82, 2.24) is 4.98 Å². The molecule has 0 amide bonds. The van der Waals surface area contributed by atoms with E-state index in [1.54, 1.807) is 32.2 Å². The number of esters is 2. The molecule has 0 aliphatic rings. The summed E-state index contributed by atoms with van der Waals surface area (Å²) in [7, 11) is 0. The highest BCUT2D eigenvalue weighted by Gasteiger charge is 2.30. The van der Waals surface area contributed by atoms with Gasteiger partial charge in [-0.15, -0.1) is 0 Å². The molecule has 0 unspecified atom stereocenters. The molecule has 0 bridgehead atoms. The van der Waals surface area contributed by atoms with Gasteiger partial charge in [0.2, 0.25) is 0 Å². The summed E-state index contributed by atoms with van der Waals surface area (Å²) in [5.41, 5.74) is 1.99. The largest absolute Gasteiger partial charge is 0.465 e. The van der Waals surface area contributed by atoms with Gasteiger partial charge in [0.05, 0.1) is 24.8 Å². The van der Waals surface area contributed by atoms with Gasteiger partial charge < -0.3 is 14.5 Å². The highest BCUT2D eigenvalue weighted by atomic mass is 16.6. The zero-order valence-electron chi connectivity index (χ0n) is 13.1. The summed E-state index contributed by atoms with van der Waals surface area (Å²) in [6, 6.07) is 7.43. The van der Waals surface area contributed by atoms with E-state index >= 15 is 0 Å². The van der Waals surface area contributed by atoms with Gasteiger partial charge in [0.15, 0.2) is 5.92 Å². The number of benzene rings is 1. The van der Waals surface area contributed by atoms with Crippen LogP contribution in [-0.2, 0) is 25.5 Å². The molecular weight excluding hydrogens is 296 g/mol. The van der Waals surface area contributed by atoms with E-state index in [4.69, 9.17) is 9.47 Å². The van der Waals surface area contributed by atoms with E-state index in [1.165, 1.54) is 0 Å². The Hall–Kier alpha value is -2.81. The van der Waals surface area contributed by atoms with Crippen LogP contribution < -0.4 is 0 Å². The number of carbonyl (C=O) groups is 2. The lowest BCUT2D eigenvalue weighted by Crippen LogP contribution is -2.30. The summed E-state index contributed by atoms with van der Waals surface area (Å²) in [5.74, 6) is -2.27. The Morgan fingerprint density at radius 2 is 1.87 bits per heavy atom. The van der Waals surface area contributed by atoms with Gasteiger partial charge in [-0.2, -0.15) is 5.26 Å². The number of rotatable bonds is 6. The van der Waals surface area contributed by atoms with E-state index in [-0.39, 0.29) is 19.6 Å². The predicted molar refractivity (Wildman–Crippen MR) is 83.5 cm³/mol. The maximum absolute atomic E-state index is 12.1.